The van der Waals surface area contributed by atoms with Crippen molar-refractivity contribution in [3.8, 4) is 5.75 Å². The molecule has 0 bridgehead atoms. The number of hydrogen-bond donors (Lipinski definition) is 0. The number of carbonyl (C=O) groups excluding carboxylic acids is 1. The summed E-state index contributed by atoms with van der Waals surface area (Å²) < 4.78 is 18.4. The molecule has 0 aliphatic heterocycles. The molecule has 1 unspecified atom stereocenters. The van der Waals surface area contributed by atoms with Crippen LogP contribution in [0.5, 0.6) is 5.75 Å². The molecule has 2 nitrogen and oxygen atoms in total. The molecule has 0 saturated carbocycles. The lowest BCUT2D eigenvalue weighted by Gasteiger charge is -2.09. The summed E-state index contributed by atoms with van der Waals surface area (Å²) in [6.45, 7) is 1.86. The Morgan fingerprint density at radius 2 is 1.67 bits per heavy atom. The highest BCUT2D eigenvalue weighted by Crippen LogP contribution is 2.17. The van der Waals surface area contributed by atoms with Gasteiger partial charge in [0, 0.05) is 0 Å². The highest BCUT2D eigenvalue weighted by molar-refractivity contribution is 6.30. The monoisotopic (exact) mass is 306 g/mol. The summed E-state index contributed by atoms with van der Waals surface area (Å²) in [4.78, 5) is 11.1. The van der Waals surface area contributed by atoms with E-state index in [1.807, 2.05) is 24.3 Å². The fraction of sp³-hybridized carbons (Fsp3) is 0.235. The van der Waals surface area contributed by atoms with Crippen molar-refractivity contribution in [2.24, 2.45) is 0 Å². The second-order valence-corrected chi connectivity index (χ2v) is 5.37. The topological polar surface area (TPSA) is 26.3 Å². The average molecular weight is 307 g/mol. The highest BCUT2D eigenvalue weighted by Gasteiger charge is 2.10. The van der Waals surface area contributed by atoms with Gasteiger partial charge in [-0.05, 0) is 48.7 Å². The van der Waals surface area contributed by atoms with Gasteiger partial charge < -0.3 is 4.74 Å². The molecule has 0 aliphatic rings. The molecule has 2 aromatic carbocycles. The Hall–Kier alpha value is -1.87. The smallest absolute Gasteiger partial charge is 0.147 e. The summed E-state index contributed by atoms with van der Waals surface area (Å²) in [7, 11) is 0. The van der Waals surface area contributed by atoms with Crippen LogP contribution in [0.25, 0.3) is 0 Å². The number of benzene rings is 2. The zero-order chi connectivity index (χ0) is 15.2. The van der Waals surface area contributed by atoms with E-state index in [1.54, 1.807) is 12.1 Å². The molecule has 0 aliphatic carbocycles. The fourth-order valence-electron chi connectivity index (χ4n) is 1.82. The van der Waals surface area contributed by atoms with E-state index in [2.05, 4.69) is 0 Å². The van der Waals surface area contributed by atoms with Crippen LogP contribution in [-0.4, -0.2) is 11.2 Å². The van der Waals surface area contributed by atoms with Crippen LogP contribution in [0.15, 0.2) is 48.5 Å². The van der Waals surface area contributed by atoms with Gasteiger partial charge in [-0.3, -0.25) is 4.79 Å². The lowest BCUT2D eigenvalue weighted by atomic mass is 10.1. The van der Waals surface area contributed by atoms with Gasteiger partial charge in [0.2, 0.25) is 0 Å². The van der Waals surface area contributed by atoms with Gasteiger partial charge in [-0.1, -0.05) is 24.3 Å². The number of ketones is 1. The number of ether oxygens (including phenoxy) is 1. The summed E-state index contributed by atoms with van der Waals surface area (Å²) in [6.07, 6.45) is 0.509. The zero-order valence-electron chi connectivity index (χ0n) is 11.7. The van der Waals surface area contributed by atoms with Crippen LogP contribution in [-0.2, 0) is 17.8 Å². The quantitative estimate of drug-likeness (QED) is 0.750. The molecule has 0 radical (unpaired) electrons. The van der Waals surface area contributed by atoms with Gasteiger partial charge in [-0.2, -0.15) is 0 Å². The third-order valence-electron chi connectivity index (χ3n) is 3.10. The molecule has 0 N–H and O–H groups in total. The summed E-state index contributed by atoms with van der Waals surface area (Å²) >= 11 is 5.93. The fourth-order valence-corrected chi connectivity index (χ4v) is 2.00. The van der Waals surface area contributed by atoms with E-state index in [1.165, 1.54) is 19.1 Å². The molecule has 0 heterocycles. The maximum absolute atomic E-state index is 12.8. The summed E-state index contributed by atoms with van der Waals surface area (Å²) in [6, 6.07) is 13.6. The first kappa shape index (κ1) is 15.5. The third-order valence-corrected chi connectivity index (χ3v) is 3.56. The molecule has 0 spiro atoms. The molecular formula is C17H16ClFO2. The van der Waals surface area contributed by atoms with Crippen molar-refractivity contribution in [1.82, 2.24) is 0 Å². The van der Waals surface area contributed by atoms with E-state index >= 15 is 0 Å². The first-order valence-corrected chi connectivity index (χ1v) is 7.09. The van der Waals surface area contributed by atoms with Crippen LogP contribution in [0.2, 0.25) is 0 Å². The molecule has 0 fully saturated rings. The third kappa shape index (κ3) is 4.87. The molecule has 110 valence electrons. The van der Waals surface area contributed by atoms with Crippen molar-refractivity contribution in [2.75, 3.05) is 0 Å². The van der Waals surface area contributed by atoms with Crippen molar-refractivity contribution in [3.05, 3.63) is 65.5 Å². The van der Waals surface area contributed by atoms with Crippen LogP contribution < -0.4 is 4.74 Å². The lowest BCUT2D eigenvalue weighted by Crippen LogP contribution is -2.13. The van der Waals surface area contributed by atoms with Crippen molar-refractivity contribution in [2.45, 2.75) is 25.3 Å². The van der Waals surface area contributed by atoms with Gasteiger partial charge in [0.25, 0.3) is 0 Å². The average Bonchev–Trinajstić information content (AvgIpc) is 2.48. The molecule has 0 amide bonds. The highest BCUT2D eigenvalue weighted by atomic mass is 35.5. The van der Waals surface area contributed by atoms with E-state index in [0.29, 0.717) is 13.0 Å². The van der Waals surface area contributed by atoms with Gasteiger partial charge in [0.05, 0.1) is 5.38 Å². The van der Waals surface area contributed by atoms with Crippen LogP contribution in [0.1, 0.15) is 18.1 Å². The Labute approximate surface area is 128 Å². The maximum Gasteiger partial charge on any atom is 0.147 e. The van der Waals surface area contributed by atoms with Crippen LogP contribution in [0.3, 0.4) is 0 Å². The lowest BCUT2D eigenvalue weighted by molar-refractivity contribution is -0.116. The number of hydrogen-bond acceptors (Lipinski definition) is 2. The molecule has 2 aromatic rings. The van der Waals surface area contributed by atoms with Crippen LogP contribution in [0, 0.1) is 5.82 Å². The Morgan fingerprint density at radius 1 is 1.10 bits per heavy atom. The molecule has 2 rings (SSSR count). The normalized spacial score (nSPS) is 12.0. The maximum atomic E-state index is 12.8. The minimum atomic E-state index is -0.490. The van der Waals surface area contributed by atoms with Crippen molar-refractivity contribution >= 4 is 17.4 Å². The molecule has 0 aromatic heterocycles. The van der Waals surface area contributed by atoms with Gasteiger partial charge >= 0.3 is 0 Å². The predicted octanol–water partition coefficient (Wildman–Crippen LogP) is 4.14. The summed E-state index contributed by atoms with van der Waals surface area (Å²) in [5, 5.41) is -0.490. The largest absolute Gasteiger partial charge is 0.489 e. The molecule has 21 heavy (non-hydrogen) atoms. The minimum absolute atomic E-state index is 0.0340. The molecule has 4 heteroatoms. The Kier molecular flexibility index (Phi) is 5.34. The zero-order valence-corrected chi connectivity index (χ0v) is 12.4. The SMILES string of the molecule is CC(=O)C(Cl)Cc1ccc(OCc2ccc(F)cc2)cc1. The summed E-state index contributed by atoms with van der Waals surface area (Å²) in [5.74, 6) is 0.425. The number of carbonyl (C=O) groups is 1. The first-order valence-electron chi connectivity index (χ1n) is 6.65. The van der Waals surface area contributed by atoms with E-state index in [0.717, 1.165) is 16.9 Å². The van der Waals surface area contributed by atoms with E-state index < -0.39 is 5.38 Å². The second kappa shape index (κ2) is 7.23. The number of halogens is 2. The van der Waals surface area contributed by atoms with Crippen LogP contribution >= 0.6 is 11.6 Å². The van der Waals surface area contributed by atoms with Gasteiger partial charge in [0.15, 0.2) is 0 Å². The van der Waals surface area contributed by atoms with Gasteiger partial charge in [-0.15, -0.1) is 11.6 Å². The number of alkyl halides is 1. The van der Waals surface area contributed by atoms with E-state index in [-0.39, 0.29) is 11.6 Å². The molecular weight excluding hydrogens is 291 g/mol. The predicted molar refractivity (Wildman–Crippen MR) is 81.2 cm³/mol. The van der Waals surface area contributed by atoms with Crippen molar-refractivity contribution in [3.63, 3.8) is 0 Å². The summed E-state index contributed by atoms with van der Waals surface area (Å²) in [5.41, 5.74) is 1.89. The Morgan fingerprint density at radius 3 is 2.24 bits per heavy atom. The standard InChI is InChI=1S/C17H16ClFO2/c1-12(20)17(18)10-13-4-8-16(9-5-13)21-11-14-2-6-15(19)7-3-14/h2-9,17H,10-11H2,1H3. The molecule has 0 saturated heterocycles. The van der Waals surface area contributed by atoms with Crippen LogP contribution in [0.4, 0.5) is 4.39 Å². The van der Waals surface area contributed by atoms with E-state index in [9.17, 15) is 9.18 Å². The van der Waals surface area contributed by atoms with Crippen molar-refractivity contribution < 1.29 is 13.9 Å². The second-order valence-electron chi connectivity index (χ2n) is 4.84. The minimum Gasteiger partial charge on any atom is -0.489 e. The number of rotatable bonds is 6. The van der Waals surface area contributed by atoms with E-state index in [4.69, 9.17) is 16.3 Å². The van der Waals surface area contributed by atoms with Crippen molar-refractivity contribution in [1.29, 1.82) is 0 Å². The first-order chi connectivity index (χ1) is 10.0. The van der Waals surface area contributed by atoms with Gasteiger partial charge in [-0.25, -0.2) is 4.39 Å². The van der Waals surface area contributed by atoms with Gasteiger partial charge in [0.1, 0.15) is 24.0 Å². The Bertz CT molecular complexity index is 593. The number of Topliss-reactive ketones (excluding diaryl/α,β-unsaturated/α-hetero) is 1. The Balaban J connectivity index is 1.90. The molecule has 1 atom stereocenters.